The number of nitrogens with zero attached hydrogens (tertiary/aromatic N) is 1. The zero-order chi connectivity index (χ0) is 8.48. The smallest absolute Gasteiger partial charge is 0.00976 e. The highest BCUT2D eigenvalue weighted by molar-refractivity contribution is 4.80. The molecular formula is C10H22FN. The van der Waals surface area contributed by atoms with Gasteiger partial charge in [-0.05, 0) is 38.3 Å². The first-order valence-electron chi connectivity index (χ1n) is 4.69. The Morgan fingerprint density at radius 2 is 1.92 bits per heavy atom. The van der Waals surface area contributed by atoms with Crippen LogP contribution in [0.15, 0.2) is 0 Å². The summed E-state index contributed by atoms with van der Waals surface area (Å²) >= 11 is 0. The summed E-state index contributed by atoms with van der Waals surface area (Å²) in [5, 5.41) is 0. The van der Waals surface area contributed by atoms with E-state index in [1.165, 1.54) is 25.8 Å². The molecular weight excluding hydrogens is 153 g/mol. The maximum Gasteiger partial charge on any atom is 0.00976 e. The molecule has 1 aliphatic heterocycles. The standard InChI is InChI=1S/C10H21N.FH/c1-10(2,3)8-9-6-5-7-11(9)4;/h9H,5-8H2,1-4H3;1H/t9-;/m1./s1. The van der Waals surface area contributed by atoms with Crippen LogP contribution in [0.4, 0.5) is 4.70 Å². The summed E-state index contributed by atoms with van der Waals surface area (Å²) in [6.07, 6.45) is 4.16. The Labute approximate surface area is 75.5 Å². The predicted octanol–water partition coefficient (Wildman–Crippen LogP) is 2.67. The van der Waals surface area contributed by atoms with Crippen LogP contribution in [0, 0.1) is 5.41 Å². The summed E-state index contributed by atoms with van der Waals surface area (Å²) in [4.78, 5) is 2.51. The van der Waals surface area contributed by atoms with Gasteiger partial charge in [0.2, 0.25) is 0 Å². The molecule has 0 spiro atoms. The first-order chi connectivity index (χ1) is 4.99. The molecule has 1 atom stereocenters. The van der Waals surface area contributed by atoms with E-state index in [1.54, 1.807) is 0 Å². The van der Waals surface area contributed by atoms with Crippen molar-refractivity contribution in [2.24, 2.45) is 5.41 Å². The first-order valence-corrected chi connectivity index (χ1v) is 4.69. The normalized spacial score (nSPS) is 25.5. The quantitative estimate of drug-likeness (QED) is 0.592. The summed E-state index contributed by atoms with van der Waals surface area (Å²) in [6, 6.07) is 0.856. The zero-order valence-electron chi connectivity index (χ0n) is 8.76. The molecule has 1 heterocycles. The van der Waals surface area contributed by atoms with E-state index in [1.807, 2.05) is 0 Å². The molecule has 0 aromatic heterocycles. The third-order valence-electron chi connectivity index (χ3n) is 2.52. The van der Waals surface area contributed by atoms with Crippen molar-refractivity contribution in [2.75, 3.05) is 13.6 Å². The van der Waals surface area contributed by atoms with Gasteiger partial charge in [0.25, 0.3) is 0 Å². The number of likely N-dealkylation sites (tertiary alicyclic amines) is 1. The molecule has 0 unspecified atom stereocenters. The second-order valence-corrected chi connectivity index (χ2v) is 5.04. The SMILES string of the molecule is CN1CCC[C@@H]1CC(C)(C)C.F. The summed E-state index contributed by atoms with van der Waals surface area (Å²) < 4.78 is 0. The monoisotopic (exact) mass is 175 g/mol. The summed E-state index contributed by atoms with van der Waals surface area (Å²) in [5.74, 6) is 0. The Balaban J connectivity index is 0.00000121. The Bertz CT molecular complexity index is 128. The molecule has 0 saturated carbocycles. The van der Waals surface area contributed by atoms with Crippen molar-refractivity contribution in [3.63, 3.8) is 0 Å². The lowest BCUT2D eigenvalue weighted by Crippen LogP contribution is -2.29. The van der Waals surface area contributed by atoms with Crippen LogP contribution in [-0.4, -0.2) is 24.5 Å². The van der Waals surface area contributed by atoms with Gasteiger partial charge in [-0.1, -0.05) is 20.8 Å². The highest BCUT2D eigenvalue weighted by atomic mass is 19.0. The molecule has 0 N–H and O–H groups in total. The minimum Gasteiger partial charge on any atom is -0.303 e. The second-order valence-electron chi connectivity index (χ2n) is 5.04. The van der Waals surface area contributed by atoms with Gasteiger partial charge in [0.1, 0.15) is 0 Å². The van der Waals surface area contributed by atoms with E-state index < -0.39 is 0 Å². The lowest BCUT2D eigenvalue weighted by Gasteiger charge is -2.27. The van der Waals surface area contributed by atoms with Crippen molar-refractivity contribution < 1.29 is 4.70 Å². The van der Waals surface area contributed by atoms with E-state index in [0.717, 1.165) is 6.04 Å². The molecule has 0 radical (unpaired) electrons. The maximum atomic E-state index is 2.51. The van der Waals surface area contributed by atoms with Gasteiger partial charge in [0.15, 0.2) is 0 Å². The summed E-state index contributed by atoms with van der Waals surface area (Å²) in [5.41, 5.74) is 0.503. The van der Waals surface area contributed by atoms with Gasteiger partial charge in [-0.2, -0.15) is 0 Å². The number of halogens is 1. The molecule has 0 aliphatic carbocycles. The Morgan fingerprint density at radius 1 is 1.33 bits per heavy atom. The van der Waals surface area contributed by atoms with E-state index in [2.05, 4.69) is 32.7 Å². The van der Waals surface area contributed by atoms with E-state index >= 15 is 0 Å². The largest absolute Gasteiger partial charge is 0.303 e. The van der Waals surface area contributed by atoms with Gasteiger partial charge in [-0.3, -0.25) is 4.70 Å². The number of hydrogen-bond donors (Lipinski definition) is 0. The average Bonchev–Trinajstić information content (AvgIpc) is 2.12. The van der Waals surface area contributed by atoms with Crippen LogP contribution in [0.1, 0.15) is 40.0 Å². The minimum atomic E-state index is 0. The van der Waals surface area contributed by atoms with Crippen molar-refractivity contribution in [3.05, 3.63) is 0 Å². The van der Waals surface area contributed by atoms with E-state index in [9.17, 15) is 0 Å². The predicted molar refractivity (Wildman–Crippen MR) is 52.2 cm³/mol. The summed E-state index contributed by atoms with van der Waals surface area (Å²) in [7, 11) is 2.25. The Morgan fingerprint density at radius 3 is 2.25 bits per heavy atom. The Kier molecular flexibility index (Phi) is 4.18. The average molecular weight is 175 g/mol. The van der Waals surface area contributed by atoms with Crippen molar-refractivity contribution in [1.82, 2.24) is 4.90 Å². The number of hydrogen-bond acceptors (Lipinski definition) is 1. The van der Waals surface area contributed by atoms with Gasteiger partial charge >= 0.3 is 0 Å². The lowest BCUT2D eigenvalue weighted by molar-refractivity contribution is 0.224. The van der Waals surface area contributed by atoms with Crippen LogP contribution in [-0.2, 0) is 0 Å². The van der Waals surface area contributed by atoms with Crippen LogP contribution >= 0.6 is 0 Å². The molecule has 1 fully saturated rings. The molecule has 1 aliphatic rings. The molecule has 1 saturated heterocycles. The third kappa shape index (κ3) is 3.53. The highest BCUT2D eigenvalue weighted by Crippen LogP contribution is 2.28. The van der Waals surface area contributed by atoms with Crippen LogP contribution < -0.4 is 0 Å². The van der Waals surface area contributed by atoms with Gasteiger partial charge in [0, 0.05) is 6.04 Å². The van der Waals surface area contributed by atoms with E-state index in [-0.39, 0.29) is 4.70 Å². The fraction of sp³-hybridized carbons (Fsp3) is 1.00. The minimum absolute atomic E-state index is 0. The van der Waals surface area contributed by atoms with Crippen LogP contribution in [0.2, 0.25) is 0 Å². The Hall–Kier alpha value is -0.110. The molecule has 74 valence electrons. The maximum absolute atomic E-state index is 2.51. The van der Waals surface area contributed by atoms with Crippen LogP contribution in [0.5, 0.6) is 0 Å². The molecule has 1 rings (SSSR count). The molecule has 0 aromatic rings. The lowest BCUT2D eigenvalue weighted by atomic mass is 9.87. The van der Waals surface area contributed by atoms with Gasteiger partial charge in [0.05, 0.1) is 0 Å². The van der Waals surface area contributed by atoms with Gasteiger partial charge in [-0.25, -0.2) is 0 Å². The fourth-order valence-corrected chi connectivity index (χ4v) is 1.94. The van der Waals surface area contributed by atoms with E-state index in [0.29, 0.717) is 5.41 Å². The van der Waals surface area contributed by atoms with Crippen LogP contribution in [0.25, 0.3) is 0 Å². The third-order valence-corrected chi connectivity index (χ3v) is 2.52. The van der Waals surface area contributed by atoms with Crippen molar-refractivity contribution in [1.29, 1.82) is 0 Å². The molecule has 2 heteroatoms. The van der Waals surface area contributed by atoms with Crippen molar-refractivity contribution >= 4 is 0 Å². The van der Waals surface area contributed by atoms with Crippen LogP contribution in [0.3, 0.4) is 0 Å². The number of rotatable bonds is 1. The molecule has 0 aromatic carbocycles. The first kappa shape index (κ1) is 11.9. The van der Waals surface area contributed by atoms with Gasteiger partial charge in [-0.15, -0.1) is 0 Å². The van der Waals surface area contributed by atoms with Gasteiger partial charge < -0.3 is 4.90 Å². The van der Waals surface area contributed by atoms with Crippen molar-refractivity contribution in [3.8, 4) is 0 Å². The van der Waals surface area contributed by atoms with Crippen molar-refractivity contribution in [2.45, 2.75) is 46.1 Å². The molecule has 0 bridgehead atoms. The fourth-order valence-electron chi connectivity index (χ4n) is 1.94. The zero-order valence-corrected chi connectivity index (χ0v) is 8.76. The van der Waals surface area contributed by atoms with E-state index in [4.69, 9.17) is 0 Å². The molecule has 1 nitrogen and oxygen atoms in total. The highest BCUT2D eigenvalue weighted by Gasteiger charge is 2.25. The molecule has 12 heavy (non-hydrogen) atoms. The molecule has 0 amide bonds. The summed E-state index contributed by atoms with van der Waals surface area (Å²) in [6.45, 7) is 8.30. The topological polar surface area (TPSA) is 3.24 Å². The second kappa shape index (κ2) is 4.22.